The predicted octanol–water partition coefficient (Wildman–Crippen LogP) is 3.80. The summed E-state index contributed by atoms with van der Waals surface area (Å²) in [7, 11) is -1.89. The van der Waals surface area contributed by atoms with Crippen LogP contribution in [0.4, 0.5) is 0 Å². The molecule has 0 rings (SSSR count). The minimum absolute atomic E-state index is 0.0338. The van der Waals surface area contributed by atoms with Crippen LogP contribution < -0.4 is 0 Å². The summed E-state index contributed by atoms with van der Waals surface area (Å²) in [6, 6.07) is 2.53. The first-order valence-electron chi connectivity index (χ1n) is 5.78. The summed E-state index contributed by atoms with van der Waals surface area (Å²) in [5.74, 6) is 0. The van der Waals surface area contributed by atoms with Crippen molar-refractivity contribution in [3.8, 4) is 0 Å². The molecule has 0 aromatic rings. The molecule has 0 amide bonds. The minimum atomic E-state index is -0.944. The van der Waals surface area contributed by atoms with Crippen LogP contribution >= 0.6 is 0 Å². The van der Waals surface area contributed by atoms with Gasteiger partial charge in [0.2, 0.25) is 0 Å². The topological polar surface area (TPSA) is 20.2 Å². The molecule has 0 saturated heterocycles. The lowest BCUT2D eigenvalue weighted by atomic mass is 10.2. The molecule has 0 aromatic carbocycles. The standard InChI is InChI=1S/C11H28OSi2/c1-13(2,3)9-7-11(12)8-10-14(4,5)6/h11-12H,7-10H2,1-6H3. The van der Waals surface area contributed by atoms with E-state index in [-0.39, 0.29) is 6.10 Å². The normalized spacial score (nSPS) is 13.7. The number of aliphatic hydroxyl groups excluding tert-OH is 1. The van der Waals surface area contributed by atoms with E-state index >= 15 is 0 Å². The van der Waals surface area contributed by atoms with E-state index in [0.29, 0.717) is 0 Å². The Morgan fingerprint density at radius 1 is 0.786 bits per heavy atom. The second kappa shape index (κ2) is 5.47. The van der Waals surface area contributed by atoms with Gasteiger partial charge < -0.3 is 5.11 Å². The highest BCUT2D eigenvalue weighted by atomic mass is 28.3. The van der Waals surface area contributed by atoms with Crippen LogP contribution in [0.1, 0.15) is 12.8 Å². The minimum Gasteiger partial charge on any atom is -0.393 e. The molecule has 0 aliphatic rings. The van der Waals surface area contributed by atoms with Crippen molar-refractivity contribution in [1.29, 1.82) is 0 Å². The summed E-state index contributed by atoms with van der Waals surface area (Å²) < 4.78 is 0. The Labute approximate surface area is 91.9 Å². The summed E-state index contributed by atoms with van der Waals surface area (Å²) >= 11 is 0. The molecule has 0 heterocycles. The van der Waals surface area contributed by atoms with Crippen molar-refractivity contribution in [2.24, 2.45) is 0 Å². The molecule has 0 fully saturated rings. The maximum Gasteiger partial charge on any atom is 0.0534 e. The monoisotopic (exact) mass is 232 g/mol. The predicted molar refractivity (Wildman–Crippen MR) is 71.5 cm³/mol. The molecule has 0 saturated carbocycles. The van der Waals surface area contributed by atoms with Gasteiger partial charge in [-0.3, -0.25) is 0 Å². The third-order valence-electron chi connectivity index (χ3n) is 2.46. The largest absolute Gasteiger partial charge is 0.393 e. The van der Waals surface area contributed by atoms with Gasteiger partial charge in [0.15, 0.2) is 0 Å². The molecule has 0 aliphatic carbocycles. The Bertz CT molecular complexity index is 138. The maximum absolute atomic E-state index is 9.82. The molecule has 0 spiro atoms. The van der Waals surface area contributed by atoms with Gasteiger partial charge in [-0.05, 0) is 12.8 Å². The molecule has 0 aliphatic heterocycles. The van der Waals surface area contributed by atoms with E-state index < -0.39 is 16.1 Å². The van der Waals surface area contributed by atoms with Gasteiger partial charge in [0.05, 0.1) is 6.10 Å². The fourth-order valence-corrected chi connectivity index (χ4v) is 3.74. The lowest BCUT2D eigenvalue weighted by molar-refractivity contribution is 0.165. The van der Waals surface area contributed by atoms with Crippen molar-refractivity contribution in [3.05, 3.63) is 0 Å². The van der Waals surface area contributed by atoms with Crippen molar-refractivity contribution < 1.29 is 5.11 Å². The van der Waals surface area contributed by atoms with E-state index in [1.54, 1.807) is 0 Å². The fourth-order valence-electron chi connectivity index (χ4n) is 1.34. The van der Waals surface area contributed by atoms with Crippen LogP contribution in [0.15, 0.2) is 0 Å². The summed E-state index contributed by atoms with van der Waals surface area (Å²) in [5, 5.41) is 9.82. The zero-order valence-corrected chi connectivity index (χ0v) is 12.9. The Morgan fingerprint density at radius 2 is 1.07 bits per heavy atom. The van der Waals surface area contributed by atoms with Crippen LogP contribution in [0.5, 0.6) is 0 Å². The number of aliphatic hydroxyl groups is 1. The van der Waals surface area contributed by atoms with Crippen molar-refractivity contribution in [2.45, 2.75) is 70.3 Å². The van der Waals surface area contributed by atoms with Gasteiger partial charge in [-0.1, -0.05) is 51.4 Å². The van der Waals surface area contributed by atoms with Crippen molar-refractivity contribution in [2.75, 3.05) is 0 Å². The molecule has 3 heteroatoms. The average Bonchev–Trinajstić information content (AvgIpc) is 1.94. The highest BCUT2D eigenvalue weighted by Crippen LogP contribution is 2.18. The number of hydrogen-bond acceptors (Lipinski definition) is 1. The van der Waals surface area contributed by atoms with Crippen LogP contribution in [-0.2, 0) is 0 Å². The van der Waals surface area contributed by atoms with Gasteiger partial charge in [-0.25, -0.2) is 0 Å². The van der Waals surface area contributed by atoms with Gasteiger partial charge >= 0.3 is 0 Å². The molecule has 0 bridgehead atoms. The Morgan fingerprint density at radius 3 is 1.29 bits per heavy atom. The smallest absolute Gasteiger partial charge is 0.0534 e. The van der Waals surface area contributed by atoms with E-state index in [4.69, 9.17) is 0 Å². The Hall–Kier alpha value is 0.394. The molecular weight excluding hydrogens is 204 g/mol. The molecule has 1 nitrogen and oxygen atoms in total. The van der Waals surface area contributed by atoms with Crippen molar-refractivity contribution in [3.63, 3.8) is 0 Å². The van der Waals surface area contributed by atoms with Crippen molar-refractivity contribution in [1.82, 2.24) is 0 Å². The van der Waals surface area contributed by atoms with E-state index in [9.17, 15) is 5.11 Å². The molecule has 1 N–H and O–H groups in total. The van der Waals surface area contributed by atoms with Crippen LogP contribution in [0.3, 0.4) is 0 Å². The molecule has 86 valence electrons. The van der Waals surface area contributed by atoms with Gasteiger partial charge in [0.25, 0.3) is 0 Å². The lowest BCUT2D eigenvalue weighted by Gasteiger charge is -2.21. The van der Waals surface area contributed by atoms with Gasteiger partial charge in [0, 0.05) is 16.1 Å². The molecule has 0 radical (unpaired) electrons. The zero-order valence-electron chi connectivity index (χ0n) is 10.9. The van der Waals surface area contributed by atoms with E-state index in [1.807, 2.05) is 0 Å². The number of rotatable bonds is 6. The SMILES string of the molecule is C[Si](C)(C)CCC(O)CC[Si](C)(C)C. The third kappa shape index (κ3) is 10.5. The zero-order chi connectivity index (χ0) is 11.4. The molecule has 14 heavy (non-hydrogen) atoms. The van der Waals surface area contributed by atoms with Crippen LogP contribution in [0.25, 0.3) is 0 Å². The van der Waals surface area contributed by atoms with E-state index in [0.717, 1.165) is 12.8 Å². The van der Waals surface area contributed by atoms with Crippen LogP contribution in [0.2, 0.25) is 51.4 Å². The summed E-state index contributed by atoms with van der Waals surface area (Å²) in [6.45, 7) is 14.2. The second-order valence-electron chi connectivity index (χ2n) is 6.85. The van der Waals surface area contributed by atoms with E-state index in [1.165, 1.54) is 12.1 Å². The Balaban J connectivity index is 3.62. The quantitative estimate of drug-likeness (QED) is 0.691. The first-order valence-corrected chi connectivity index (χ1v) is 13.2. The van der Waals surface area contributed by atoms with Gasteiger partial charge in [0.1, 0.15) is 0 Å². The number of hydrogen-bond donors (Lipinski definition) is 1. The molecule has 0 aromatic heterocycles. The second-order valence-corrected chi connectivity index (χ2v) is 18.1. The third-order valence-corrected chi connectivity index (χ3v) is 6.03. The van der Waals surface area contributed by atoms with E-state index in [2.05, 4.69) is 39.3 Å². The first-order chi connectivity index (χ1) is 6.10. The summed E-state index contributed by atoms with van der Waals surface area (Å²) in [4.78, 5) is 0. The highest BCUT2D eigenvalue weighted by molar-refractivity contribution is 6.76. The summed E-state index contributed by atoms with van der Waals surface area (Å²) in [5.41, 5.74) is 0. The lowest BCUT2D eigenvalue weighted by Crippen LogP contribution is -2.25. The molecule has 0 atom stereocenters. The summed E-state index contributed by atoms with van der Waals surface area (Å²) in [6.07, 6.45) is 2.02. The Kier molecular flexibility index (Phi) is 5.62. The molecular formula is C11H28OSi2. The van der Waals surface area contributed by atoms with Crippen molar-refractivity contribution >= 4 is 16.1 Å². The fraction of sp³-hybridized carbons (Fsp3) is 1.00. The maximum atomic E-state index is 9.82. The van der Waals surface area contributed by atoms with Crippen LogP contribution in [-0.4, -0.2) is 27.4 Å². The highest BCUT2D eigenvalue weighted by Gasteiger charge is 2.18. The average molecular weight is 233 g/mol. The first kappa shape index (κ1) is 14.4. The van der Waals surface area contributed by atoms with Gasteiger partial charge in [-0.2, -0.15) is 0 Å². The van der Waals surface area contributed by atoms with Gasteiger partial charge in [-0.15, -0.1) is 0 Å². The van der Waals surface area contributed by atoms with Crippen LogP contribution in [0, 0.1) is 0 Å². The molecule has 0 unspecified atom stereocenters.